The summed E-state index contributed by atoms with van der Waals surface area (Å²) in [5.74, 6) is 0.938. The molecule has 3 rings (SSSR count). The van der Waals surface area contributed by atoms with Gasteiger partial charge in [0.05, 0.1) is 37.7 Å². The lowest BCUT2D eigenvalue weighted by atomic mass is 10.1. The molecule has 0 atom stereocenters. The highest BCUT2D eigenvalue weighted by molar-refractivity contribution is 6.31. The SMILES string of the molecule is COc1ccc(-c2cc(CNC(=O)c3cc(Cl)ccc3OC)ncn2)cc1. The molecule has 1 N–H and O–H groups in total. The van der Waals surface area contributed by atoms with E-state index >= 15 is 0 Å². The molecule has 27 heavy (non-hydrogen) atoms. The van der Waals surface area contributed by atoms with E-state index in [0.29, 0.717) is 22.0 Å². The van der Waals surface area contributed by atoms with Crippen molar-refractivity contribution in [2.45, 2.75) is 6.54 Å². The number of halogens is 1. The van der Waals surface area contributed by atoms with Gasteiger partial charge in [0, 0.05) is 10.6 Å². The van der Waals surface area contributed by atoms with Crippen LogP contribution >= 0.6 is 11.6 Å². The maximum atomic E-state index is 12.5. The van der Waals surface area contributed by atoms with Crippen LogP contribution in [0.5, 0.6) is 11.5 Å². The van der Waals surface area contributed by atoms with Crippen LogP contribution in [-0.4, -0.2) is 30.1 Å². The van der Waals surface area contributed by atoms with Crippen LogP contribution in [0.4, 0.5) is 0 Å². The average Bonchev–Trinajstić information content (AvgIpc) is 2.72. The van der Waals surface area contributed by atoms with Crippen molar-refractivity contribution in [3.8, 4) is 22.8 Å². The average molecular weight is 384 g/mol. The van der Waals surface area contributed by atoms with Crippen LogP contribution in [0, 0.1) is 0 Å². The van der Waals surface area contributed by atoms with Gasteiger partial charge in [-0.2, -0.15) is 0 Å². The first-order valence-corrected chi connectivity index (χ1v) is 8.55. The molecule has 0 spiro atoms. The van der Waals surface area contributed by atoms with Crippen molar-refractivity contribution in [1.29, 1.82) is 0 Å². The van der Waals surface area contributed by atoms with Crippen LogP contribution in [0.15, 0.2) is 54.9 Å². The van der Waals surface area contributed by atoms with Crippen LogP contribution in [-0.2, 0) is 6.54 Å². The number of hydrogen-bond donors (Lipinski definition) is 1. The number of rotatable bonds is 6. The number of amides is 1. The molecule has 2 aromatic carbocycles. The van der Waals surface area contributed by atoms with Gasteiger partial charge in [-0.1, -0.05) is 11.6 Å². The lowest BCUT2D eigenvalue weighted by Gasteiger charge is -2.10. The number of carbonyl (C=O) groups is 1. The molecule has 3 aromatic rings. The zero-order chi connectivity index (χ0) is 19.2. The molecular weight excluding hydrogens is 366 g/mol. The fourth-order valence-corrected chi connectivity index (χ4v) is 2.71. The number of nitrogens with one attached hydrogen (secondary N) is 1. The molecule has 0 unspecified atom stereocenters. The lowest BCUT2D eigenvalue weighted by Crippen LogP contribution is -2.24. The monoisotopic (exact) mass is 383 g/mol. The Morgan fingerprint density at radius 3 is 2.52 bits per heavy atom. The highest BCUT2D eigenvalue weighted by Gasteiger charge is 2.13. The van der Waals surface area contributed by atoms with Crippen molar-refractivity contribution in [3.05, 3.63) is 71.1 Å². The first-order chi connectivity index (χ1) is 13.1. The second kappa shape index (κ2) is 8.51. The van der Waals surface area contributed by atoms with Crippen LogP contribution in [0.1, 0.15) is 16.1 Å². The van der Waals surface area contributed by atoms with E-state index in [4.69, 9.17) is 21.1 Å². The highest BCUT2D eigenvalue weighted by Crippen LogP contribution is 2.23. The number of ether oxygens (including phenoxy) is 2. The minimum absolute atomic E-state index is 0.250. The van der Waals surface area contributed by atoms with Crippen LogP contribution in [0.25, 0.3) is 11.3 Å². The smallest absolute Gasteiger partial charge is 0.255 e. The van der Waals surface area contributed by atoms with Gasteiger partial charge in [-0.15, -0.1) is 0 Å². The third kappa shape index (κ3) is 4.54. The largest absolute Gasteiger partial charge is 0.497 e. The van der Waals surface area contributed by atoms with E-state index in [1.165, 1.54) is 13.4 Å². The summed E-state index contributed by atoms with van der Waals surface area (Å²) in [4.78, 5) is 21.0. The molecule has 0 aliphatic heterocycles. The summed E-state index contributed by atoms with van der Waals surface area (Å²) < 4.78 is 10.4. The van der Waals surface area contributed by atoms with Crippen molar-refractivity contribution in [3.63, 3.8) is 0 Å². The topological polar surface area (TPSA) is 73.3 Å². The second-order valence-corrected chi connectivity index (χ2v) is 6.09. The molecule has 0 bridgehead atoms. The summed E-state index contributed by atoms with van der Waals surface area (Å²) in [5.41, 5.74) is 2.75. The molecule has 7 heteroatoms. The summed E-state index contributed by atoms with van der Waals surface area (Å²) in [7, 11) is 3.13. The summed E-state index contributed by atoms with van der Waals surface area (Å²) in [6.07, 6.45) is 1.47. The standard InChI is InChI=1S/C20H18ClN3O3/c1-26-16-6-3-13(4-7-16)18-10-15(23-12-24-18)11-22-20(25)17-9-14(21)5-8-19(17)27-2/h3-10,12H,11H2,1-2H3,(H,22,25). The number of aromatic nitrogens is 2. The van der Waals surface area contributed by atoms with E-state index in [9.17, 15) is 4.79 Å². The Bertz CT molecular complexity index is 945. The number of benzene rings is 2. The molecule has 1 amide bonds. The molecule has 0 fully saturated rings. The van der Waals surface area contributed by atoms with E-state index in [0.717, 1.165) is 17.0 Å². The Morgan fingerprint density at radius 1 is 1.04 bits per heavy atom. The van der Waals surface area contributed by atoms with Crippen molar-refractivity contribution >= 4 is 17.5 Å². The van der Waals surface area contributed by atoms with Crippen molar-refractivity contribution in [1.82, 2.24) is 15.3 Å². The summed E-state index contributed by atoms with van der Waals surface area (Å²) in [5, 5.41) is 3.29. The zero-order valence-corrected chi connectivity index (χ0v) is 15.7. The van der Waals surface area contributed by atoms with Gasteiger partial charge in [-0.25, -0.2) is 9.97 Å². The van der Waals surface area contributed by atoms with Crippen LogP contribution in [0.2, 0.25) is 5.02 Å². The van der Waals surface area contributed by atoms with E-state index in [1.54, 1.807) is 25.3 Å². The molecule has 0 saturated heterocycles. The molecule has 0 saturated carbocycles. The number of carbonyl (C=O) groups excluding carboxylic acids is 1. The molecule has 1 aromatic heterocycles. The van der Waals surface area contributed by atoms with Gasteiger partial charge < -0.3 is 14.8 Å². The maximum Gasteiger partial charge on any atom is 0.255 e. The molecule has 0 aliphatic carbocycles. The zero-order valence-electron chi connectivity index (χ0n) is 14.9. The second-order valence-electron chi connectivity index (χ2n) is 5.65. The van der Waals surface area contributed by atoms with Crippen molar-refractivity contribution in [2.75, 3.05) is 14.2 Å². The van der Waals surface area contributed by atoms with Gasteiger partial charge in [0.1, 0.15) is 17.8 Å². The van der Waals surface area contributed by atoms with E-state index in [1.807, 2.05) is 30.3 Å². The molecule has 1 heterocycles. The third-order valence-corrected chi connectivity index (χ3v) is 4.18. The molecule has 0 radical (unpaired) electrons. The maximum absolute atomic E-state index is 12.5. The first-order valence-electron chi connectivity index (χ1n) is 8.18. The molecule has 0 aliphatic rings. The van der Waals surface area contributed by atoms with Gasteiger partial charge in [0.15, 0.2) is 0 Å². The fraction of sp³-hybridized carbons (Fsp3) is 0.150. The van der Waals surface area contributed by atoms with Gasteiger partial charge >= 0.3 is 0 Å². The molecular formula is C20H18ClN3O3. The third-order valence-electron chi connectivity index (χ3n) is 3.95. The highest BCUT2D eigenvalue weighted by atomic mass is 35.5. The number of nitrogens with zero attached hydrogens (tertiary/aromatic N) is 2. The summed E-state index contributed by atoms with van der Waals surface area (Å²) in [6, 6.07) is 14.3. The van der Waals surface area contributed by atoms with Gasteiger partial charge in [-0.05, 0) is 48.5 Å². The van der Waals surface area contributed by atoms with Gasteiger partial charge in [0.25, 0.3) is 5.91 Å². The Morgan fingerprint density at radius 2 is 1.81 bits per heavy atom. The minimum Gasteiger partial charge on any atom is -0.497 e. The first kappa shape index (κ1) is 18.7. The Kier molecular flexibility index (Phi) is 5.88. The fourth-order valence-electron chi connectivity index (χ4n) is 2.54. The van der Waals surface area contributed by atoms with Crippen molar-refractivity contribution < 1.29 is 14.3 Å². The minimum atomic E-state index is -0.293. The Balaban J connectivity index is 1.73. The normalized spacial score (nSPS) is 10.3. The van der Waals surface area contributed by atoms with E-state index in [-0.39, 0.29) is 12.5 Å². The van der Waals surface area contributed by atoms with Crippen molar-refractivity contribution in [2.24, 2.45) is 0 Å². The molecule has 138 valence electrons. The number of methoxy groups -OCH3 is 2. The Labute approximate surface area is 162 Å². The predicted octanol–water partition coefficient (Wildman–Crippen LogP) is 3.74. The summed E-state index contributed by atoms with van der Waals surface area (Å²) in [6.45, 7) is 0.250. The lowest BCUT2D eigenvalue weighted by molar-refractivity contribution is 0.0947. The van der Waals surface area contributed by atoms with Gasteiger partial charge in [0.2, 0.25) is 0 Å². The predicted molar refractivity (Wildman–Crippen MR) is 103 cm³/mol. The van der Waals surface area contributed by atoms with E-state index < -0.39 is 0 Å². The van der Waals surface area contributed by atoms with E-state index in [2.05, 4.69) is 15.3 Å². The number of hydrogen-bond acceptors (Lipinski definition) is 5. The quantitative estimate of drug-likeness (QED) is 0.701. The van der Waals surface area contributed by atoms with Crippen LogP contribution in [0.3, 0.4) is 0 Å². The van der Waals surface area contributed by atoms with Crippen LogP contribution < -0.4 is 14.8 Å². The summed E-state index contributed by atoms with van der Waals surface area (Å²) >= 11 is 5.98. The Hall–Kier alpha value is -3.12. The van der Waals surface area contributed by atoms with Gasteiger partial charge in [-0.3, -0.25) is 4.79 Å². The molecule has 6 nitrogen and oxygen atoms in total.